The Labute approximate surface area is 78.8 Å². The molecule has 0 unspecified atom stereocenters. The van der Waals surface area contributed by atoms with Crippen LogP contribution in [0, 0.1) is 13.8 Å². The molecule has 0 heterocycles. The van der Waals surface area contributed by atoms with Crippen LogP contribution in [0.2, 0.25) is 0 Å². The van der Waals surface area contributed by atoms with Crippen LogP contribution in [0.15, 0.2) is 12.1 Å². The van der Waals surface area contributed by atoms with Crippen molar-refractivity contribution in [3.63, 3.8) is 0 Å². The molecule has 0 aliphatic rings. The Kier molecular flexibility index (Phi) is 2.71. The molecule has 0 amide bonds. The Balaban J connectivity index is 3.28. The average Bonchev–Trinajstić information content (AvgIpc) is 2.02. The lowest BCUT2D eigenvalue weighted by Gasteiger charge is -2.08. The Morgan fingerprint density at radius 3 is 2.46 bits per heavy atom. The Morgan fingerprint density at radius 2 is 2.00 bits per heavy atom. The number of nitrogens with two attached hydrogens (primary N) is 1. The van der Waals surface area contributed by atoms with Gasteiger partial charge in [0.15, 0.2) is 5.78 Å². The molecule has 0 radical (unpaired) electrons. The van der Waals surface area contributed by atoms with E-state index in [4.69, 9.17) is 5.73 Å². The van der Waals surface area contributed by atoms with Gasteiger partial charge in [-0.05, 0) is 31.0 Å². The van der Waals surface area contributed by atoms with Gasteiger partial charge >= 0.3 is 0 Å². The van der Waals surface area contributed by atoms with Crippen LogP contribution in [0.5, 0.6) is 0 Å². The van der Waals surface area contributed by atoms with Crippen LogP contribution in [0.3, 0.4) is 0 Å². The largest absolute Gasteiger partial charge is 0.398 e. The summed E-state index contributed by atoms with van der Waals surface area (Å²) in [4.78, 5) is 11.5. The van der Waals surface area contributed by atoms with E-state index >= 15 is 0 Å². The molecule has 0 aliphatic carbocycles. The molecular formula is C11H15NO. The number of ketones is 1. The van der Waals surface area contributed by atoms with E-state index in [0.29, 0.717) is 17.7 Å². The summed E-state index contributed by atoms with van der Waals surface area (Å²) in [5, 5.41) is 0. The lowest BCUT2D eigenvalue weighted by molar-refractivity contribution is 0.0988. The fourth-order valence-corrected chi connectivity index (χ4v) is 1.56. The molecule has 1 aromatic carbocycles. The molecule has 0 atom stereocenters. The molecule has 2 nitrogen and oxygen atoms in total. The van der Waals surface area contributed by atoms with Gasteiger partial charge in [0.25, 0.3) is 0 Å². The fraction of sp³-hybridized carbons (Fsp3) is 0.364. The van der Waals surface area contributed by atoms with Gasteiger partial charge in [-0.2, -0.15) is 0 Å². The van der Waals surface area contributed by atoms with Crippen LogP contribution in [-0.4, -0.2) is 5.78 Å². The summed E-state index contributed by atoms with van der Waals surface area (Å²) in [5.74, 6) is 0.120. The van der Waals surface area contributed by atoms with Crippen LogP contribution in [-0.2, 0) is 0 Å². The van der Waals surface area contributed by atoms with Gasteiger partial charge in [-0.3, -0.25) is 4.79 Å². The second-order valence-electron chi connectivity index (χ2n) is 3.32. The molecule has 0 fully saturated rings. The van der Waals surface area contributed by atoms with Crippen LogP contribution in [0.4, 0.5) is 5.69 Å². The first kappa shape index (κ1) is 9.78. The molecule has 0 bridgehead atoms. The molecule has 1 rings (SSSR count). The zero-order valence-electron chi connectivity index (χ0n) is 8.35. The minimum atomic E-state index is 0.120. The topological polar surface area (TPSA) is 43.1 Å². The highest BCUT2D eigenvalue weighted by atomic mass is 16.1. The number of hydrogen-bond acceptors (Lipinski definition) is 2. The molecule has 0 spiro atoms. The van der Waals surface area contributed by atoms with Gasteiger partial charge in [0.1, 0.15) is 0 Å². The van der Waals surface area contributed by atoms with Crippen LogP contribution < -0.4 is 5.73 Å². The number of aryl methyl sites for hydroxylation is 2. The van der Waals surface area contributed by atoms with E-state index in [1.165, 1.54) is 0 Å². The number of carbonyl (C=O) groups excluding carboxylic acids is 1. The number of nitrogen functional groups attached to an aromatic ring is 1. The minimum absolute atomic E-state index is 0.120. The Bertz CT molecular complexity index is 319. The molecule has 2 N–H and O–H groups in total. The lowest BCUT2D eigenvalue weighted by atomic mass is 9.99. The van der Waals surface area contributed by atoms with Gasteiger partial charge in [-0.25, -0.2) is 0 Å². The second-order valence-corrected chi connectivity index (χ2v) is 3.32. The second kappa shape index (κ2) is 3.60. The molecule has 2 heteroatoms. The fourth-order valence-electron chi connectivity index (χ4n) is 1.56. The first-order valence-electron chi connectivity index (χ1n) is 4.46. The molecule has 1 aromatic rings. The molecule has 0 saturated heterocycles. The maximum absolute atomic E-state index is 11.5. The molecule has 0 aromatic heterocycles. The van der Waals surface area contributed by atoms with Crippen molar-refractivity contribution in [2.24, 2.45) is 0 Å². The molecular weight excluding hydrogens is 162 g/mol. The van der Waals surface area contributed by atoms with Gasteiger partial charge < -0.3 is 5.73 Å². The van der Waals surface area contributed by atoms with Crippen molar-refractivity contribution in [2.45, 2.75) is 27.2 Å². The van der Waals surface area contributed by atoms with Crippen molar-refractivity contribution in [3.8, 4) is 0 Å². The summed E-state index contributed by atoms with van der Waals surface area (Å²) in [6, 6.07) is 3.83. The average molecular weight is 177 g/mol. The monoisotopic (exact) mass is 177 g/mol. The van der Waals surface area contributed by atoms with Crippen LogP contribution >= 0.6 is 0 Å². The quantitative estimate of drug-likeness (QED) is 0.557. The highest BCUT2D eigenvalue weighted by Crippen LogP contribution is 2.20. The van der Waals surface area contributed by atoms with Crippen molar-refractivity contribution in [2.75, 3.05) is 5.73 Å². The maximum atomic E-state index is 11.5. The third-order valence-corrected chi connectivity index (χ3v) is 2.11. The predicted molar refractivity (Wildman–Crippen MR) is 54.9 cm³/mol. The van der Waals surface area contributed by atoms with Crippen molar-refractivity contribution >= 4 is 11.5 Å². The van der Waals surface area contributed by atoms with E-state index in [1.807, 2.05) is 32.9 Å². The standard InChI is InChI=1S/C11H15NO/c1-4-10(13)11-8(3)5-7(2)6-9(11)12/h5-6H,4,12H2,1-3H3. The van der Waals surface area contributed by atoms with Gasteiger partial charge in [0.2, 0.25) is 0 Å². The number of benzene rings is 1. The third kappa shape index (κ3) is 1.89. The Morgan fingerprint density at radius 1 is 1.38 bits per heavy atom. The summed E-state index contributed by atoms with van der Waals surface area (Å²) >= 11 is 0. The normalized spacial score (nSPS) is 10.1. The number of Topliss-reactive ketones (excluding diaryl/α,β-unsaturated/α-hetero) is 1. The molecule has 0 saturated carbocycles. The number of hydrogen-bond donors (Lipinski definition) is 1. The highest BCUT2D eigenvalue weighted by Gasteiger charge is 2.10. The van der Waals surface area contributed by atoms with E-state index < -0.39 is 0 Å². The summed E-state index contributed by atoms with van der Waals surface area (Å²) in [5.41, 5.74) is 9.14. The van der Waals surface area contributed by atoms with Crippen molar-refractivity contribution < 1.29 is 4.79 Å². The molecule has 0 aliphatic heterocycles. The summed E-state index contributed by atoms with van der Waals surface area (Å²) in [7, 11) is 0. The summed E-state index contributed by atoms with van der Waals surface area (Å²) in [6.45, 7) is 5.75. The lowest BCUT2D eigenvalue weighted by Crippen LogP contribution is -2.05. The molecule has 13 heavy (non-hydrogen) atoms. The van der Waals surface area contributed by atoms with E-state index in [9.17, 15) is 4.79 Å². The number of anilines is 1. The van der Waals surface area contributed by atoms with E-state index in [-0.39, 0.29) is 5.78 Å². The number of rotatable bonds is 2. The zero-order valence-corrected chi connectivity index (χ0v) is 8.35. The predicted octanol–water partition coefficient (Wildman–Crippen LogP) is 2.48. The van der Waals surface area contributed by atoms with Gasteiger partial charge in [-0.15, -0.1) is 0 Å². The van der Waals surface area contributed by atoms with Crippen LogP contribution in [0.25, 0.3) is 0 Å². The minimum Gasteiger partial charge on any atom is -0.398 e. The summed E-state index contributed by atoms with van der Waals surface area (Å²) < 4.78 is 0. The smallest absolute Gasteiger partial charge is 0.164 e. The van der Waals surface area contributed by atoms with Gasteiger partial charge in [0, 0.05) is 17.7 Å². The third-order valence-electron chi connectivity index (χ3n) is 2.11. The first-order valence-corrected chi connectivity index (χ1v) is 4.46. The highest BCUT2D eigenvalue weighted by molar-refractivity contribution is 6.02. The van der Waals surface area contributed by atoms with Gasteiger partial charge in [-0.1, -0.05) is 13.0 Å². The van der Waals surface area contributed by atoms with E-state index in [1.54, 1.807) is 0 Å². The first-order chi connectivity index (χ1) is 6.06. The Hall–Kier alpha value is -1.31. The summed E-state index contributed by atoms with van der Waals surface area (Å²) in [6.07, 6.45) is 0.508. The maximum Gasteiger partial charge on any atom is 0.164 e. The van der Waals surface area contributed by atoms with Crippen LogP contribution in [0.1, 0.15) is 34.8 Å². The van der Waals surface area contributed by atoms with E-state index in [2.05, 4.69) is 0 Å². The van der Waals surface area contributed by atoms with Crippen molar-refractivity contribution in [1.82, 2.24) is 0 Å². The number of carbonyl (C=O) groups is 1. The van der Waals surface area contributed by atoms with Crippen molar-refractivity contribution in [3.05, 3.63) is 28.8 Å². The van der Waals surface area contributed by atoms with Gasteiger partial charge in [0.05, 0.1) is 0 Å². The van der Waals surface area contributed by atoms with Crippen molar-refractivity contribution in [1.29, 1.82) is 0 Å². The zero-order chi connectivity index (χ0) is 10.0. The van der Waals surface area contributed by atoms with E-state index in [0.717, 1.165) is 11.1 Å². The SMILES string of the molecule is CCC(=O)c1c(C)cc(C)cc1N. The molecule has 70 valence electrons.